The third kappa shape index (κ3) is 8.40. The summed E-state index contributed by atoms with van der Waals surface area (Å²) in [5.74, 6) is -0.673. The molecule has 5 rings (SSSR count). The Morgan fingerprint density at radius 1 is 1.02 bits per heavy atom. The first kappa shape index (κ1) is 35.4. The molecule has 1 aliphatic heterocycles. The number of ether oxygens (including phenoxy) is 1. The van der Waals surface area contributed by atoms with Gasteiger partial charge in [-0.25, -0.2) is 8.42 Å². The fourth-order valence-electron chi connectivity index (χ4n) is 5.71. The quantitative estimate of drug-likeness (QED) is 0.161. The number of likely N-dealkylation sites (N-methyl/N-ethyl adjacent to an activating group) is 1. The van der Waals surface area contributed by atoms with Crippen molar-refractivity contribution in [1.29, 1.82) is 0 Å². The van der Waals surface area contributed by atoms with Gasteiger partial charge in [0.25, 0.3) is 21.8 Å². The third-order valence-electron chi connectivity index (χ3n) is 8.64. The first-order chi connectivity index (χ1) is 23.4. The Bertz CT molecular complexity index is 1900. The highest BCUT2D eigenvalue weighted by Gasteiger charge is 2.35. The van der Waals surface area contributed by atoms with Gasteiger partial charge in [-0.05, 0) is 75.0 Å². The van der Waals surface area contributed by atoms with E-state index in [2.05, 4.69) is 14.9 Å². The average Bonchev–Trinajstić information content (AvgIpc) is 3.07. The smallest absolute Gasteiger partial charge is 0.262 e. The number of fused-ring (bicyclic) bond motifs is 1. The van der Waals surface area contributed by atoms with E-state index in [1.165, 1.54) is 12.1 Å². The van der Waals surface area contributed by atoms with E-state index in [9.17, 15) is 23.1 Å². The van der Waals surface area contributed by atoms with Gasteiger partial charge in [0.05, 0.1) is 40.2 Å². The van der Waals surface area contributed by atoms with Gasteiger partial charge in [-0.1, -0.05) is 55.0 Å². The van der Waals surface area contributed by atoms with Crippen LogP contribution in [0, 0.1) is 12.8 Å². The predicted molar refractivity (Wildman–Crippen MR) is 191 cm³/mol. The lowest BCUT2D eigenvalue weighted by atomic mass is 9.99. The van der Waals surface area contributed by atoms with Gasteiger partial charge in [0.2, 0.25) is 0 Å². The fourth-order valence-corrected chi connectivity index (χ4v) is 6.78. The normalized spacial score (nSPS) is 17.0. The van der Waals surface area contributed by atoms with Crippen molar-refractivity contribution in [2.24, 2.45) is 5.92 Å². The number of benzene rings is 4. The minimum Gasteiger partial charge on any atom is -0.486 e. The van der Waals surface area contributed by atoms with Gasteiger partial charge >= 0.3 is 0 Å². The number of aryl methyl sites for hydroxylation is 1. The van der Waals surface area contributed by atoms with Crippen LogP contribution in [0.1, 0.15) is 45.7 Å². The molecule has 11 nitrogen and oxygen atoms in total. The lowest BCUT2D eigenvalue weighted by molar-refractivity contribution is 0.0344. The number of nitrogens with two attached hydrogens (primary N) is 1. The zero-order valence-corrected chi connectivity index (χ0v) is 28.9. The van der Waals surface area contributed by atoms with Gasteiger partial charge in [0.1, 0.15) is 6.10 Å². The summed E-state index contributed by atoms with van der Waals surface area (Å²) in [5, 5.41) is 12.9. The Morgan fingerprint density at radius 3 is 2.37 bits per heavy atom. The Hall–Kier alpha value is -4.91. The van der Waals surface area contributed by atoms with Crippen LogP contribution >= 0.6 is 0 Å². The monoisotopic (exact) mass is 685 g/mol. The second kappa shape index (κ2) is 15.1. The maximum Gasteiger partial charge on any atom is 0.262 e. The van der Waals surface area contributed by atoms with Crippen molar-refractivity contribution in [3.63, 3.8) is 0 Å². The second-order valence-corrected chi connectivity index (χ2v) is 14.3. The minimum absolute atomic E-state index is 0.0840. The number of carbonyl (C=O) groups excluding carboxylic acids is 2. The van der Waals surface area contributed by atoms with Crippen LogP contribution in [0.25, 0.3) is 0 Å². The molecule has 5 N–H and O–H groups in total. The number of aliphatic hydroxyl groups excluding tert-OH is 1. The largest absolute Gasteiger partial charge is 0.486 e. The molecule has 0 aromatic heterocycles. The van der Waals surface area contributed by atoms with Crippen molar-refractivity contribution in [3.05, 3.63) is 113 Å². The van der Waals surface area contributed by atoms with Crippen LogP contribution < -0.4 is 20.5 Å². The number of nitrogen functional groups attached to an aromatic ring is 1. The first-order valence-corrected chi connectivity index (χ1v) is 17.6. The van der Waals surface area contributed by atoms with Gasteiger partial charge in [-0.2, -0.15) is 0 Å². The lowest BCUT2D eigenvalue weighted by Gasteiger charge is -2.38. The predicted octanol–water partition coefficient (Wildman–Crippen LogP) is 4.98. The summed E-state index contributed by atoms with van der Waals surface area (Å²) in [4.78, 5) is 30.4. The van der Waals surface area contributed by atoms with Crippen molar-refractivity contribution < 1.29 is 27.9 Å². The van der Waals surface area contributed by atoms with E-state index in [4.69, 9.17) is 10.5 Å². The molecule has 0 fully saturated rings. The van der Waals surface area contributed by atoms with E-state index in [0.29, 0.717) is 36.6 Å². The Kier molecular flexibility index (Phi) is 10.9. The van der Waals surface area contributed by atoms with Crippen LogP contribution in [0.5, 0.6) is 5.75 Å². The SMILES string of the molecule is Cc1ccc(S(=O)(=O)Nc2cccc3c2O[C@@H](CN(C)Cc2ccc(C(=O)Nc4ccccc4N)cc2)[C@@H](C)CN([C@H](C)CO)C3=O)cc1. The fraction of sp³-hybridized carbons (Fsp3) is 0.297. The highest BCUT2D eigenvalue weighted by Crippen LogP contribution is 2.36. The number of rotatable bonds is 11. The molecule has 0 saturated carbocycles. The standard InChI is InChI=1S/C37H43N5O6S/c1-24-12-18-29(19-13-24)49(46,47)40-33-11-7-8-30-35(33)48-34(25(2)20-42(37(30)45)26(3)23-43)22-41(4)21-27-14-16-28(17-15-27)36(44)39-32-10-6-5-9-31(32)38/h5-19,25-26,34,40,43H,20-23,38H2,1-4H3,(H,39,44)/t25-,26+,34-/m0/s1. The van der Waals surface area contributed by atoms with E-state index in [1.807, 2.05) is 33.0 Å². The van der Waals surface area contributed by atoms with Crippen LogP contribution in [-0.4, -0.2) is 74.0 Å². The molecule has 49 heavy (non-hydrogen) atoms. The average molecular weight is 686 g/mol. The number of hydrogen-bond acceptors (Lipinski definition) is 8. The van der Waals surface area contributed by atoms with E-state index < -0.39 is 22.2 Å². The highest BCUT2D eigenvalue weighted by molar-refractivity contribution is 7.92. The molecule has 0 spiro atoms. The molecule has 3 atom stereocenters. The maximum atomic E-state index is 13.8. The van der Waals surface area contributed by atoms with Gasteiger partial charge in [-0.3, -0.25) is 19.2 Å². The number of sulfonamides is 1. The second-order valence-electron chi connectivity index (χ2n) is 12.7. The van der Waals surface area contributed by atoms with Gasteiger partial charge in [0, 0.05) is 31.1 Å². The van der Waals surface area contributed by atoms with Crippen molar-refractivity contribution >= 4 is 38.9 Å². The molecule has 2 amide bonds. The molecule has 4 aromatic rings. The zero-order valence-electron chi connectivity index (χ0n) is 28.1. The number of para-hydroxylation sites is 3. The Balaban J connectivity index is 1.37. The van der Waals surface area contributed by atoms with Crippen molar-refractivity contribution in [2.45, 2.75) is 44.4 Å². The van der Waals surface area contributed by atoms with E-state index in [0.717, 1.165) is 11.1 Å². The van der Waals surface area contributed by atoms with Gasteiger partial charge in [0.15, 0.2) is 5.75 Å². The summed E-state index contributed by atoms with van der Waals surface area (Å²) >= 11 is 0. The van der Waals surface area contributed by atoms with Crippen LogP contribution in [-0.2, 0) is 16.6 Å². The minimum atomic E-state index is -4.00. The van der Waals surface area contributed by atoms with Crippen molar-refractivity contribution in [2.75, 3.05) is 42.5 Å². The van der Waals surface area contributed by atoms with E-state index in [1.54, 1.807) is 78.6 Å². The summed E-state index contributed by atoms with van der Waals surface area (Å²) < 4.78 is 36.1. The lowest BCUT2D eigenvalue weighted by Crippen LogP contribution is -2.49. The summed E-state index contributed by atoms with van der Waals surface area (Å²) in [6, 6.07) is 25.2. The number of aliphatic hydroxyl groups is 1. The van der Waals surface area contributed by atoms with Crippen molar-refractivity contribution in [1.82, 2.24) is 9.80 Å². The van der Waals surface area contributed by atoms with Gasteiger partial charge in [-0.15, -0.1) is 0 Å². The number of carbonyl (C=O) groups is 2. The van der Waals surface area contributed by atoms with Crippen LogP contribution in [0.4, 0.5) is 17.1 Å². The topological polar surface area (TPSA) is 154 Å². The number of nitrogens with one attached hydrogen (secondary N) is 2. The third-order valence-corrected chi connectivity index (χ3v) is 10.0. The van der Waals surface area contributed by atoms with Crippen LogP contribution in [0.15, 0.2) is 95.9 Å². The van der Waals surface area contributed by atoms with Gasteiger partial charge < -0.3 is 25.8 Å². The summed E-state index contributed by atoms with van der Waals surface area (Å²) in [6.45, 7) is 6.68. The van der Waals surface area contributed by atoms with Crippen LogP contribution in [0.3, 0.4) is 0 Å². The molecule has 0 bridgehead atoms. The zero-order chi connectivity index (χ0) is 35.3. The van der Waals surface area contributed by atoms with Crippen LogP contribution in [0.2, 0.25) is 0 Å². The highest BCUT2D eigenvalue weighted by atomic mass is 32.2. The molecule has 4 aromatic carbocycles. The summed E-state index contributed by atoms with van der Waals surface area (Å²) in [7, 11) is -2.06. The molecule has 12 heteroatoms. The number of hydrogen-bond donors (Lipinski definition) is 4. The molecule has 0 aliphatic carbocycles. The number of anilines is 3. The Morgan fingerprint density at radius 2 is 1.69 bits per heavy atom. The molecule has 0 saturated heterocycles. The summed E-state index contributed by atoms with van der Waals surface area (Å²) in [6.07, 6.45) is -0.461. The molecule has 1 heterocycles. The molecular weight excluding hydrogens is 643 g/mol. The van der Waals surface area contributed by atoms with E-state index in [-0.39, 0.29) is 46.2 Å². The first-order valence-electron chi connectivity index (χ1n) is 16.1. The number of amides is 2. The molecule has 1 aliphatic rings. The molecular formula is C37H43N5O6S. The molecule has 0 unspecified atom stereocenters. The molecule has 0 radical (unpaired) electrons. The maximum absolute atomic E-state index is 13.8. The number of nitrogens with zero attached hydrogens (tertiary/aromatic N) is 2. The Labute approximate surface area is 287 Å². The van der Waals surface area contributed by atoms with E-state index >= 15 is 0 Å². The summed E-state index contributed by atoms with van der Waals surface area (Å²) in [5.41, 5.74) is 9.73. The van der Waals surface area contributed by atoms with Crippen molar-refractivity contribution in [3.8, 4) is 5.75 Å². The molecule has 258 valence electrons.